The molecule has 9 heteroatoms. The van der Waals surface area contributed by atoms with Crippen molar-refractivity contribution < 1.29 is 0 Å². The number of rotatable bonds is 3. The van der Waals surface area contributed by atoms with Crippen LogP contribution in [0.25, 0.3) is 11.2 Å². The Bertz CT molecular complexity index is 1330. The monoisotopic (exact) mass is 421 g/mol. The van der Waals surface area contributed by atoms with E-state index in [4.69, 9.17) is 10.1 Å². The van der Waals surface area contributed by atoms with E-state index in [-0.39, 0.29) is 17.3 Å². The topological polar surface area (TPSA) is 80.7 Å². The molecule has 1 aromatic carbocycles. The van der Waals surface area contributed by atoms with Crippen molar-refractivity contribution in [1.29, 1.82) is 0 Å². The largest absolute Gasteiger partial charge is 0.332 e. The van der Waals surface area contributed by atoms with Gasteiger partial charge in [0.25, 0.3) is 5.56 Å². The van der Waals surface area contributed by atoms with Crippen molar-refractivity contribution in [3.8, 4) is 0 Å². The normalized spacial score (nSPS) is 18.8. The van der Waals surface area contributed by atoms with Crippen LogP contribution in [0.1, 0.15) is 31.0 Å². The number of nitrogens with zero attached hydrogens (tertiary/aromatic N) is 7. The summed E-state index contributed by atoms with van der Waals surface area (Å²) in [5, 5.41) is 6.65. The SMILES string of the molecule is CC1=NN(CCN2CCc3ccccc3C2)c2nc3c(c(=O)n(C)c(=O)n3C)n2[C@@H]1C. The molecule has 0 amide bonds. The molecule has 0 aliphatic carbocycles. The second kappa shape index (κ2) is 7.19. The lowest BCUT2D eigenvalue weighted by molar-refractivity contribution is 0.258. The van der Waals surface area contributed by atoms with Crippen LogP contribution in [-0.2, 0) is 27.1 Å². The molecule has 9 nitrogen and oxygen atoms in total. The maximum absolute atomic E-state index is 12.9. The molecule has 0 saturated carbocycles. The predicted molar refractivity (Wildman–Crippen MR) is 121 cm³/mol. The maximum Gasteiger partial charge on any atom is 0.332 e. The van der Waals surface area contributed by atoms with Gasteiger partial charge < -0.3 is 0 Å². The van der Waals surface area contributed by atoms with E-state index in [1.54, 1.807) is 7.05 Å². The van der Waals surface area contributed by atoms with E-state index in [0.29, 0.717) is 23.7 Å². The Morgan fingerprint density at radius 1 is 1.06 bits per heavy atom. The number of benzene rings is 1. The van der Waals surface area contributed by atoms with Crippen molar-refractivity contribution in [2.45, 2.75) is 32.9 Å². The van der Waals surface area contributed by atoms with Crippen molar-refractivity contribution in [3.63, 3.8) is 0 Å². The highest BCUT2D eigenvalue weighted by Crippen LogP contribution is 2.29. The molecular formula is C22H27N7O2. The standard InChI is InChI=1S/C22H27N7O2/c1-14-15(2)29-18-19(25(3)22(31)26(4)20(18)30)23-21(29)28(24-14)12-11-27-10-9-16-7-5-6-8-17(16)13-27/h5-8,15H,9-13H2,1-4H3/t15-/m1/s1. The quantitative estimate of drug-likeness (QED) is 0.636. The Kier molecular flexibility index (Phi) is 4.58. The number of anilines is 1. The molecule has 0 unspecified atom stereocenters. The summed E-state index contributed by atoms with van der Waals surface area (Å²) in [6.45, 7) is 7.40. The van der Waals surface area contributed by atoms with E-state index < -0.39 is 0 Å². The van der Waals surface area contributed by atoms with Crippen molar-refractivity contribution in [2.24, 2.45) is 19.2 Å². The minimum absolute atomic E-state index is 0.108. The molecule has 0 N–H and O–H groups in total. The van der Waals surface area contributed by atoms with Gasteiger partial charge in [0.2, 0.25) is 5.95 Å². The molecule has 3 aromatic rings. The zero-order valence-corrected chi connectivity index (χ0v) is 18.4. The van der Waals surface area contributed by atoms with E-state index in [1.807, 2.05) is 23.4 Å². The fourth-order valence-electron chi connectivity index (χ4n) is 4.59. The van der Waals surface area contributed by atoms with Crippen LogP contribution in [-0.4, -0.2) is 48.9 Å². The number of hydrogen-bond donors (Lipinski definition) is 0. The Balaban J connectivity index is 1.49. The summed E-state index contributed by atoms with van der Waals surface area (Å²) >= 11 is 0. The Labute approximate surface area is 179 Å². The van der Waals surface area contributed by atoms with Crippen LogP contribution in [0.15, 0.2) is 39.0 Å². The third kappa shape index (κ3) is 3.03. The maximum atomic E-state index is 12.9. The van der Waals surface area contributed by atoms with Crippen LogP contribution in [0, 0.1) is 0 Å². The highest BCUT2D eigenvalue weighted by molar-refractivity contribution is 5.91. The molecule has 0 bridgehead atoms. The second-order valence-corrected chi connectivity index (χ2v) is 8.50. The Hall–Kier alpha value is -3.20. The predicted octanol–water partition coefficient (Wildman–Crippen LogP) is 1.25. The fraction of sp³-hybridized carbons (Fsp3) is 0.455. The summed E-state index contributed by atoms with van der Waals surface area (Å²) in [5.41, 5.74) is 3.86. The number of hydrazone groups is 1. The highest BCUT2D eigenvalue weighted by Gasteiger charge is 2.30. The first-order chi connectivity index (χ1) is 14.9. The number of fused-ring (bicyclic) bond motifs is 4. The van der Waals surface area contributed by atoms with Crippen molar-refractivity contribution in [2.75, 3.05) is 24.6 Å². The summed E-state index contributed by atoms with van der Waals surface area (Å²) in [4.78, 5) is 32.5. The van der Waals surface area contributed by atoms with Crippen molar-refractivity contribution in [3.05, 3.63) is 56.2 Å². The summed E-state index contributed by atoms with van der Waals surface area (Å²) in [7, 11) is 3.15. The number of aryl methyl sites for hydroxylation is 1. The van der Waals surface area contributed by atoms with Gasteiger partial charge in [-0.3, -0.25) is 23.4 Å². The summed E-state index contributed by atoms with van der Waals surface area (Å²) in [5.74, 6) is 0.615. The zero-order valence-electron chi connectivity index (χ0n) is 18.4. The van der Waals surface area contributed by atoms with Crippen LogP contribution in [0.2, 0.25) is 0 Å². The van der Waals surface area contributed by atoms with E-state index in [1.165, 1.54) is 22.7 Å². The average Bonchev–Trinajstić information content (AvgIpc) is 3.19. The lowest BCUT2D eigenvalue weighted by Crippen LogP contribution is -2.40. The van der Waals surface area contributed by atoms with Gasteiger partial charge in [-0.15, -0.1) is 0 Å². The summed E-state index contributed by atoms with van der Waals surface area (Å²) < 4.78 is 4.50. The third-order valence-corrected chi connectivity index (χ3v) is 6.61. The van der Waals surface area contributed by atoms with Crippen LogP contribution >= 0.6 is 0 Å². The van der Waals surface area contributed by atoms with E-state index >= 15 is 0 Å². The van der Waals surface area contributed by atoms with Gasteiger partial charge in [0.05, 0.1) is 18.3 Å². The molecule has 31 heavy (non-hydrogen) atoms. The second-order valence-electron chi connectivity index (χ2n) is 8.50. The van der Waals surface area contributed by atoms with Crippen molar-refractivity contribution in [1.82, 2.24) is 23.6 Å². The molecule has 0 saturated heterocycles. The lowest BCUT2D eigenvalue weighted by Gasteiger charge is -2.33. The van der Waals surface area contributed by atoms with Crippen LogP contribution in [0.4, 0.5) is 5.95 Å². The first-order valence-electron chi connectivity index (χ1n) is 10.7. The van der Waals surface area contributed by atoms with E-state index in [0.717, 1.165) is 36.3 Å². The van der Waals surface area contributed by atoms with E-state index in [2.05, 4.69) is 29.2 Å². The molecular weight excluding hydrogens is 394 g/mol. The number of imidazole rings is 1. The van der Waals surface area contributed by atoms with Crippen LogP contribution in [0.5, 0.6) is 0 Å². The Morgan fingerprint density at radius 2 is 1.81 bits per heavy atom. The highest BCUT2D eigenvalue weighted by atomic mass is 16.2. The molecule has 162 valence electrons. The molecule has 2 aliphatic heterocycles. The first kappa shape index (κ1) is 19.7. The van der Waals surface area contributed by atoms with Gasteiger partial charge >= 0.3 is 5.69 Å². The fourth-order valence-corrected chi connectivity index (χ4v) is 4.59. The first-order valence-corrected chi connectivity index (χ1v) is 10.7. The van der Waals surface area contributed by atoms with E-state index in [9.17, 15) is 9.59 Å². The molecule has 0 fully saturated rings. The van der Waals surface area contributed by atoms with Crippen LogP contribution in [0.3, 0.4) is 0 Å². The molecule has 1 atom stereocenters. The summed E-state index contributed by atoms with van der Waals surface area (Å²) in [6.07, 6.45) is 1.05. The molecule has 2 aliphatic rings. The van der Waals surface area contributed by atoms with Gasteiger partial charge in [0, 0.05) is 33.7 Å². The molecule has 2 aromatic heterocycles. The molecule has 5 rings (SSSR count). The summed E-state index contributed by atoms with van der Waals surface area (Å²) in [6, 6.07) is 8.49. The smallest absolute Gasteiger partial charge is 0.297 e. The molecule has 4 heterocycles. The minimum atomic E-state index is -0.378. The van der Waals surface area contributed by atoms with Crippen LogP contribution < -0.4 is 16.3 Å². The number of aromatic nitrogens is 4. The van der Waals surface area contributed by atoms with Crippen molar-refractivity contribution >= 4 is 22.8 Å². The minimum Gasteiger partial charge on any atom is -0.297 e. The van der Waals surface area contributed by atoms with Gasteiger partial charge in [-0.1, -0.05) is 24.3 Å². The molecule has 0 radical (unpaired) electrons. The van der Waals surface area contributed by atoms with Gasteiger partial charge in [0.15, 0.2) is 11.2 Å². The van der Waals surface area contributed by atoms with Gasteiger partial charge in [-0.05, 0) is 31.4 Å². The average molecular weight is 422 g/mol. The Morgan fingerprint density at radius 3 is 2.58 bits per heavy atom. The lowest BCUT2D eigenvalue weighted by atomic mass is 10.00. The molecule has 0 spiro atoms. The van der Waals surface area contributed by atoms with Gasteiger partial charge in [-0.2, -0.15) is 10.1 Å². The van der Waals surface area contributed by atoms with Gasteiger partial charge in [0.1, 0.15) is 0 Å². The number of hydrogen-bond acceptors (Lipinski definition) is 6. The van der Waals surface area contributed by atoms with Gasteiger partial charge in [-0.25, -0.2) is 9.80 Å². The zero-order chi connectivity index (χ0) is 21.9. The third-order valence-electron chi connectivity index (χ3n) is 6.61.